The molecule has 21 N–H and O–H groups in total. The van der Waals surface area contributed by atoms with E-state index in [0.29, 0.717) is 0 Å². The maximum Gasteiger partial charge on any atom is 0.220 e. The maximum atomic E-state index is 12.8. The van der Waals surface area contributed by atoms with E-state index in [1.165, 1.54) is 6.92 Å². The molecule has 6 fully saturated rings. The molecule has 6 heterocycles. The summed E-state index contributed by atoms with van der Waals surface area (Å²) in [4.78, 5) is 35.8. The average Bonchev–Trinajstić information content (AvgIpc) is 3.48. The summed E-state index contributed by atoms with van der Waals surface area (Å²) in [6.07, 6.45) is -54.4. The molecule has 30 unspecified atom stereocenters. The van der Waals surface area contributed by atoms with Crippen LogP contribution in [0.25, 0.3) is 0 Å². The topological polar surface area (TPSA) is 556 Å². The molecule has 0 aromatic rings. The number of primary amides is 1. The normalized spacial score (nSPS) is 46.4. The first-order chi connectivity index (χ1) is 37.9. The number of amides is 3. The first-order valence-electron chi connectivity index (χ1n) is 25.8. The molecule has 35 heteroatoms. The van der Waals surface area contributed by atoms with E-state index in [1.54, 1.807) is 0 Å². The van der Waals surface area contributed by atoms with E-state index < -0.39 is 235 Å². The van der Waals surface area contributed by atoms with Crippen molar-refractivity contribution in [3.05, 3.63) is 0 Å². The Morgan fingerprint density at radius 3 is 1.43 bits per heavy atom. The molecule has 0 aromatic carbocycles. The van der Waals surface area contributed by atoms with Crippen LogP contribution in [0.5, 0.6) is 0 Å². The van der Waals surface area contributed by atoms with Crippen molar-refractivity contribution >= 4 is 17.7 Å². The highest BCUT2D eigenvalue weighted by atomic mass is 16.8. The van der Waals surface area contributed by atoms with Crippen molar-refractivity contribution in [1.82, 2.24) is 10.6 Å². The number of carbonyl (C=O) groups is 3. The van der Waals surface area contributed by atoms with Crippen molar-refractivity contribution in [2.45, 2.75) is 217 Å². The van der Waals surface area contributed by atoms with Crippen molar-refractivity contribution in [1.29, 1.82) is 0 Å². The van der Waals surface area contributed by atoms with Gasteiger partial charge in [0.05, 0.1) is 45.7 Å². The Hall–Kier alpha value is -2.75. The standard InChI is InChI=1S/C45H77N3O32/c1-13-23(57)27(61)31(65)42(70-13)80-39-28(62)24(58)15(8-49)73-45(39)78-37-22(48-14(2)54)40(71-16(9-50)25(37)59)79-38-26(60)17(10-51)72-44(34(38)68)77-36-19(12-53)75-43(33(67)30(36)64)76-35-18(11-52)74-41(32(66)29(35)63)69-7-6-47-21(56)5-3-4-20(46)55/h13,15-19,22-45,49-53,57-68H,3-12H2,1-2H3,(H2,46,55)(H,47,56)(H,48,54). The minimum absolute atomic E-state index is 0.00435. The van der Waals surface area contributed by atoms with Gasteiger partial charge in [0.1, 0.15) is 140 Å². The molecule has 6 aliphatic heterocycles. The molecule has 6 rings (SSSR count). The number of nitrogens with one attached hydrogen (secondary N) is 2. The fraction of sp³-hybridized carbons (Fsp3) is 0.933. The van der Waals surface area contributed by atoms with Gasteiger partial charge in [0, 0.05) is 26.3 Å². The Kier molecular flexibility index (Phi) is 24.8. The van der Waals surface area contributed by atoms with Crippen LogP contribution in [0.4, 0.5) is 0 Å². The molecule has 3 amide bonds. The van der Waals surface area contributed by atoms with Gasteiger partial charge in [-0.15, -0.1) is 0 Å². The summed E-state index contributed by atoms with van der Waals surface area (Å²) in [5.74, 6) is -1.89. The minimum Gasteiger partial charge on any atom is -0.394 e. The molecule has 6 aliphatic rings. The van der Waals surface area contributed by atoms with E-state index in [9.17, 15) is 101 Å². The number of aliphatic hydroxyl groups excluding tert-OH is 17. The van der Waals surface area contributed by atoms with Crippen LogP contribution < -0.4 is 16.4 Å². The molecule has 80 heavy (non-hydrogen) atoms. The Bertz CT molecular complexity index is 1940. The fourth-order valence-corrected chi connectivity index (χ4v) is 9.84. The molecular weight excluding hydrogens is 1090 g/mol. The second-order valence-corrected chi connectivity index (χ2v) is 20.0. The van der Waals surface area contributed by atoms with Crippen molar-refractivity contribution in [2.24, 2.45) is 5.73 Å². The van der Waals surface area contributed by atoms with Crippen LogP contribution in [0.1, 0.15) is 33.1 Å². The van der Waals surface area contributed by atoms with Crippen LogP contribution >= 0.6 is 0 Å². The van der Waals surface area contributed by atoms with Gasteiger partial charge in [0.2, 0.25) is 17.7 Å². The number of nitrogens with two attached hydrogens (primary N) is 1. The van der Waals surface area contributed by atoms with E-state index in [0.717, 1.165) is 6.92 Å². The van der Waals surface area contributed by atoms with Gasteiger partial charge >= 0.3 is 0 Å². The van der Waals surface area contributed by atoms with Crippen molar-refractivity contribution in [2.75, 3.05) is 46.2 Å². The van der Waals surface area contributed by atoms with Gasteiger partial charge in [-0.25, -0.2) is 0 Å². The zero-order valence-corrected chi connectivity index (χ0v) is 43.2. The number of hydrogen-bond donors (Lipinski definition) is 20. The highest BCUT2D eigenvalue weighted by Gasteiger charge is 2.58. The number of hydrogen-bond acceptors (Lipinski definition) is 32. The van der Waals surface area contributed by atoms with E-state index in [2.05, 4.69) is 10.6 Å². The molecule has 30 atom stereocenters. The summed E-state index contributed by atoms with van der Waals surface area (Å²) in [5.41, 5.74) is 5.07. The molecule has 0 spiro atoms. The van der Waals surface area contributed by atoms with Gasteiger partial charge in [-0.1, -0.05) is 0 Å². The molecule has 6 saturated heterocycles. The van der Waals surface area contributed by atoms with Crippen LogP contribution in [0.3, 0.4) is 0 Å². The second kappa shape index (κ2) is 29.9. The number of ether oxygens (including phenoxy) is 12. The van der Waals surface area contributed by atoms with Crippen LogP contribution in [-0.4, -0.2) is 335 Å². The second-order valence-electron chi connectivity index (χ2n) is 20.0. The van der Waals surface area contributed by atoms with Crippen molar-refractivity contribution < 1.29 is 158 Å². The van der Waals surface area contributed by atoms with Gasteiger partial charge in [0.15, 0.2) is 37.7 Å². The van der Waals surface area contributed by atoms with Crippen LogP contribution in [0, 0.1) is 0 Å². The fourth-order valence-electron chi connectivity index (χ4n) is 9.84. The number of aliphatic hydroxyl groups is 17. The number of carbonyl (C=O) groups excluding carboxylic acids is 3. The third kappa shape index (κ3) is 15.4. The van der Waals surface area contributed by atoms with Gasteiger partial charge in [-0.05, 0) is 13.3 Å². The molecule has 464 valence electrons. The Morgan fingerprint density at radius 1 is 0.438 bits per heavy atom. The van der Waals surface area contributed by atoms with Gasteiger partial charge in [-0.3, -0.25) is 14.4 Å². The van der Waals surface area contributed by atoms with Gasteiger partial charge in [0.25, 0.3) is 0 Å². The zero-order valence-electron chi connectivity index (χ0n) is 43.2. The van der Waals surface area contributed by atoms with Crippen LogP contribution in [0.15, 0.2) is 0 Å². The van der Waals surface area contributed by atoms with Crippen molar-refractivity contribution in [3.63, 3.8) is 0 Å². The molecule has 0 aromatic heterocycles. The molecule has 0 radical (unpaired) electrons. The molecule has 0 aliphatic carbocycles. The Balaban J connectivity index is 1.16. The maximum absolute atomic E-state index is 12.8. The first-order valence-corrected chi connectivity index (χ1v) is 25.8. The SMILES string of the molecule is CC(=O)NC1C(OC2C(O)C(CO)OC(OC3C(CO)OC(OC4C(CO)OC(OCCNC(=O)CCCC(N)=O)C(O)C4O)C(O)C3O)C2O)OC(CO)C(O)C1OC1OC(CO)C(O)C(O)C1OC1OC(C)C(O)C(O)C1O. The smallest absolute Gasteiger partial charge is 0.220 e. The summed E-state index contributed by atoms with van der Waals surface area (Å²) in [7, 11) is 0. The van der Waals surface area contributed by atoms with E-state index in [-0.39, 0.29) is 32.4 Å². The van der Waals surface area contributed by atoms with E-state index in [1.807, 2.05) is 0 Å². The largest absolute Gasteiger partial charge is 0.394 e. The zero-order chi connectivity index (χ0) is 59.0. The summed E-state index contributed by atoms with van der Waals surface area (Å²) in [6, 6.07) is -1.81. The highest BCUT2D eigenvalue weighted by Crippen LogP contribution is 2.37. The van der Waals surface area contributed by atoms with Crippen LogP contribution in [-0.2, 0) is 71.2 Å². The summed E-state index contributed by atoms with van der Waals surface area (Å²) in [5, 5.41) is 189. The molecule has 35 nitrogen and oxygen atoms in total. The monoisotopic (exact) mass is 1170 g/mol. The third-order valence-corrected chi connectivity index (χ3v) is 14.3. The highest BCUT2D eigenvalue weighted by molar-refractivity contribution is 5.78. The summed E-state index contributed by atoms with van der Waals surface area (Å²) < 4.78 is 68.9. The summed E-state index contributed by atoms with van der Waals surface area (Å²) in [6.45, 7) is -3.01. The molecule has 0 saturated carbocycles. The lowest BCUT2D eigenvalue weighted by Crippen LogP contribution is -2.70. The predicted molar refractivity (Wildman–Crippen MR) is 249 cm³/mol. The van der Waals surface area contributed by atoms with Gasteiger partial charge < -0.3 is 160 Å². The lowest BCUT2D eigenvalue weighted by atomic mass is 9.94. The van der Waals surface area contributed by atoms with E-state index >= 15 is 0 Å². The Morgan fingerprint density at radius 2 is 0.863 bits per heavy atom. The predicted octanol–water partition coefficient (Wildman–Crippen LogP) is -13.1. The quantitative estimate of drug-likeness (QED) is 0.0399. The molecular formula is C45H77N3O32. The molecule has 0 bridgehead atoms. The van der Waals surface area contributed by atoms with Gasteiger partial charge in [-0.2, -0.15) is 0 Å². The lowest BCUT2D eigenvalue weighted by Gasteiger charge is -2.51. The lowest BCUT2D eigenvalue weighted by molar-refractivity contribution is -0.393. The van der Waals surface area contributed by atoms with Crippen molar-refractivity contribution in [3.8, 4) is 0 Å². The van der Waals surface area contributed by atoms with Crippen LogP contribution in [0.2, 0.25) is 0 Å². The van der Waals surface area contributed by atoms with E-state index in [4.69, 9.17) is 62.6 Å². The number of rotatable bonds is 24. The third-order valence-electron chi connectivity index (χ3n) is 14.3. The summed E-state index contributed by atoms with van der Waals surface area (Å²) >= 11 is 0. The first kappa shape index (κ1) is 66.4. The minimum atomic E-state index is -2.24. The Labute approximate surface area is 455 Å². The average molecular weight is 1170 g/mol.